The van der Waals surface area contributed by atoms with E-state index in [4.69, 9.17) is 21.1 Å². The van der Waals surface area contributed by atoms with E-state index in [1.807, 2.05) is 12.1 Å². The molecule has 6 rings (SSSR count). The van der Waals surface area contributed by atoms with Crippen LogP contribution >= 0.6 is 11.6 Å². The standard InChI is InChI=1S/C29H33ClFN5O3/c1-38-25-14-24-21(29(33-17-32-24)34-23-4-2-3-22(30)28(23)31)13-26(25)39-20-9-7-19(8-10-20)35-11-12-36(27(37)16-35)15-18-5-6-18/h2-4,13-14,17-20H,5-12,15-16H2,1H3,(H,32,33,34)/t19-,20+. The fraction of sp³-hybridized carbons (Fsp3) is 0.483. The summed E-state index contributed by atoms with van der Waals surface area (Å²) in [6.45, 7) is 3.27. The maximum absolute atomic E-state index is 14.5. The average Bonchev–Trinajstić information content (AvgIpc) is 3.77. The van der Waals surface area contributed by atoms with Crippen molar-refractivity contribution < 1.29 is 18.7 Å². The average molecular weight is 554 g/mol. The fourth-order valence-electron chi connectivity index (χ4n) is 5.69. The minimum atomic E-state index is -0.543. The number of hydrogen-bond donors (Lipinski definition) is 1. The fourth-order valence-corrected chi connectivity index (χ4v) is 5.87. The predicted octanol–water partition coefficient (Wildman–Crippen LogP) is 5.42. The molecule has 2 saturated carbocycles. The van der Waals surface area contributed by atoms with E-state index in [0.29, 0.717) is 40.8 Å². The molecular formula is C29H33ClFN5O3. The molecule has 3 fully saturated rings. The number of rotatable bonds is 8. The summed E-state index contributed by atoms with van der Waals surface area (Å²) in [7, 11) is 1.60. The molecule has 206 valence electrons. The Hall–Kier alpha value is -3.17. The Morgan fingerprint density at radius 3 is 2.64 bits per heavy atom. The highest BCUT2D eigenvalue weighted by atomic mass is 35.5. The number of carbonyl (C=O) groups excluding carboxylic acids is 1. The Balaban J connectivity index is 1.13. The number of fused-ring (bicyclic) bond motifs is 1. The highest BCUT2D eigenvalue weighted by molar-refractivity contribution is 6.31. The summed E-state index contributed by atoms with van der Waals surface area (Å²) in [5, 5.41) is 3.76. The molecule has 0 unspecified atom stereocenters. The van der Waals surface area contributed by atoms with Gasteiger partial charge in [-0.25, -0.2) is 14.4 Å². The summed E-state index contributed by atoms with van der Waals surface area (Å²) >= 11 is 5.96. The molecule has 1 amide bonds. The second-order valence-electron chi connectivity index (χ2n) is 10.8. The van der Waals surface area contributed by atoms with Crippen molar-refractivity contribution in [1.29, 1.82) is 0 Å². The lowest BCUT2D eigenvalue weighted by molar-refractivity contribution is -0.137. The van der Waals surface area contributed by atoms with Gasteiger partial charge in [0.15, 0.2) is 17.3 Å². The number of nitrogens with one attached hydrogen (secondary N) is 1. The number of benzene rings is 2. The lowest BCUT2D eigenvalue weighted by Gasteiger charge is -2.41. The van der Waals surface area contributed by atoms with Gasteiger partial charge in [-0.05, 0) is 62.6 Å². The van der Waals surface area contributed by atoms with Gasteiger partial charge in [0.25, 0.3) is 0 Å². The minimum Gasteiger partial charge on any atom is -0.493 e. The third-order valence-electron chi connectivity index (χ3n) is 8.10. The van der Waals surface area contributed by atoms with Crippen LogP contribution in [0, 0.1) is 11.7 Å². The van der Waals surface area contributed by atoms with Crippen LogP contribution in [-0.2, 0) is 4.79 Å². The van der Waals surface area contributed by atoms with Crippen LogP contribution in [0.4, 0.5) is 15.9 Å². The largest absolute Gasteiger partial charge is 0.493 e. The number of nitrogens with zero attached hydrogens (tertiary/aromatic N) is 4. The second-order valence-corrected chi connectivity index (χ2v) is 11.2. The van der Waals surface area contributed by atoms with Crippen molar-refractivity contribution in [3.05, 3.63) is 47.5 Å². The van der Waals surface area contributed by atoms with Crippen molar-refractivity contribution in [2.24, 2.45) is 5.92 Å². The molecule has 39 heavy (non-hydrogen) atoms. The van der Waals surface area contributed by atoms with Crippen LogP contribution in [-0.4, -0.2) is 71.1 Å². The lowest BCUT2D eigenvalue weighted by Crippen LogP contribution is -2.54. The molecule has 2 heterocycles. The Labute approximate surface area is 232 Å². The molecule has 0 radical (unpaired) electrons. The highest BCUT2D eigenvalue weighted by Crippen LogP contribution is 2.38. The van der Waals surface area contributed by atoms with Crippen molar-refractivity contribution in [1.82, 2.24) is 19.8 Å². The van der Waals surface area contributed by atoms with Gasteiger partial charge in [-0.2, -0.15) is 0 Å². The Kier molecular flexibility index (Phi) is 7.44. The molecular weight excluding hydrogens is 521 g/mol. The zero-order valence-corrected chi connectivity index (χ0v) is 22.8. The number of anilines is 2. The molecule has 0 bridgehead atoms. The van der Waals surface area contributed by atoms with Crippen LogP contribution in [0.25, 0.3) is 10.9 Å². The van der Waals surface area contributed by atoms with Crippen LogP contribution in [0.1, 0.15) is 38.5 Å². The van der Waals surface area contributed by atoms with Crippen LogP contribution < -0.4 is 14.8 Å². The number of carbonyl (C=O) groups is 1. The zero-order chi connectivity index (χ0) is 26.9. The predicted molar refractivity (Wildman–Crippen MR) is 148 cm³/mol. The van der Waals surface area contributed by atoms with Gasteiger partial charge in [-0.1, -0.05) is 17.7 Å². The number of aromatic nitrogens is 2. The third kappa shape index (κ3) is 5.75. The van der Waals surface area contributed by atoms with E-state index in [0.717, 1.165) is 51.2 Å². The maximum Gasteiger partial charge on any atom is 0.236 e. The van der Waals surface area contributed by atoms with Gasteiger partial charge in [-0.15, -0.1) is 0 Å². The third-order valence-corrected chi connectivity index (χ3v) is 8.39. The second kappa shape index (κ2) is 11.1. The Bertz CT molecular complexity index is 1360. The van der Waals surface area contributed by atoms with Gasteiger partial charge in [0, 0.05) is 37.1 Å². The summed E-state index contributed by atoms with van der Waals surface area (Å²) in [4.78, 5) is 25.8. The highest BCUT2D eigenvalue weighted by Gasteiger charge is 2.34. The van der Waals surface area contributed by atoms with E-state index < -0.39 is 5.82 Å². The molecule has 0 atom stereocenters. The first-order chi connectivity index (χ1) is 19.0. The van der Waals surface area contributed by atoms with E-state index in [2.05, 4.69) is 25.1 Å². The first-order valence-corrected chi connectivity index (χ1v) is 14.1. The summed E-state index contributed by atoms with van der Waals surface area (Å²) in [6.07, 6.45) is 7.76. The normalized spacial score (nSPS) is 22.2. The van der Waals surface area contributed by atoms with Crippen LogP contribution in [0.2, 0.25) is 5.02 Å². The van der Waals surface area contributed by atoms with Gasteiger partial charge in [0.05, 0.1) is 36.0 Å². The van der Waals surface area contributed by atoms with Crippen LogP contribution in [0.3, 0.4) is 0 Å². The molecule has 1 aliphatic heterocycles. The number of methoxy groups -OCH3 is 1. The van der Waals surface area contributed by atoms with Gasteiger partial charge in [0.1, 0.15) is 12.1 Å². The first-order valence-electron chi connectivity index (χ1n) is 13.7. The van der Waals surface area contributed by atoms with E-state index >= 15 is 0 Å². The Morgan fingerprint density at radius 2 is 1.90 bits per heavy atom. The molecule has 3 aliphatic rings. The zero-order valence-electron chi connectivity index (χ0n) is 22.0. The van der Waals surface area contributed by atoms with Crippen molar-refractivity contribution in [2.75, 3.05) is 38.6 Å². The van der Waals surface area contributed by atoms with Crippen molar-refractivity contribution in [3.8, 4) is 11.5 Å². The number of ether oxygens (including phenoxy) is 2. The van der Waals surface area contributed by atoms with Crippen LogP contribution in [0.15, 0.2) is 36.7 Å². The molecule has 1 aromatic heterocycles. The molecule has 1 N–H and O–H groups in total. The minimum absolute atomic E-state index is 0.0316. The molecule has 0 spiro atoms. The monoisotopic (exact) mass is 553 g/mol. The number of hydrogen-bond acceptors (Lipinski definition) is 7. The van der Waals surface area contributed by atoms with Gasteiger partial charge >= 0.3 is 0 Å². The smallest absolute Gasteiger partial charge is 0.236 e. The van der Waals surface area contributed by atoms with Crippen molar-refractivity contribution in [2.45, 2.75) is 50.7 Å². The molecule has 10 heteroatoms. The van der Waals surface area contributed by atoms with Gasteiger partial charge in [-0.3, -0.25) is 9.69 Å². The number of amides is 1. The summed E-state index contributed by atoms with van der Waals surface area (Å²) in [5.41, 5.74) is 0.874. The lowest BCUT2D eigenvalue weighted by atomic mass is 9.91. The van der Waals surface area contributed by atoms with E-state index in [1.54, 1.807) is 19.2 Å². The summed E-state index contributed by atoms with van der Waals surface area (Å²) in [6, 6.07) is 8.85. The van der Waals surface area contributed by atoms with Crippen molar-refractivity contribution in [3.63, 3.8) is 0 Å². The van der Waals surface area contributed by atoms with Crippen molar-refractivity contribution >= 4 is 39.9 Å². The number of halogens is 2. The van der Waals surface area contributed by atoms with E-state index in [-0.39, 0.29) is 22.7 Å². The van der Waals surface area contributed by atoms with E-state index in [9.17, 15) is 9.18 Å². The SMILES string of the molecule is COc1cc2ncnc(Nc3cccc(Cl)c3F)c2cc1O[C@H]1CC[C@@H](N2CCN(CC3CC3)C(=O)C2)CC1. The Morgan fingerprint density at radius 1 is 1.08 bits per heavy atom. The van der Waals surface area contributed by atoms with Gasteiger partial charge < -0.3 is 19.7 Å². The summed E-state index contributed by atoms with van der Waals surface area (Å²) in [5.74, 6) is 2.09. The van der Waals surface area contributed by atoms with Gasteiger partial charge in [0.2, 0.25) is 5.91 Å². The molecule has 1 saturated heterocycles. The molecule has 3 aromatic rings. The molecule has 2 aromatic carbocycles. The number of piperazine rings is 1. The summed E-state index contributed by atoms with van der Waals surface area (Å²) < 4.78 is 26.6. The quantitative estimate of drug-likeness (QED) is 0.399. The molecule has 2 aliphatic carbocycles. The topological polar surface area (TPSA) is 79.8 Å². The van der Waals surface area contributed by atoms with E-state index in [1.165, 1.54) is 25.2 Å². The first kappa shape index (κ1) is 26.1. The van der Waals surface area contributed by atoms with Crippen LogP contribution in [0.5, 0.6) is 11.5 Å². The maximum atomic E-state index is 14.5. The molecule has 8 nitrogen and oxygen atoms in total.